The van der Waals surface area contributed by atoms with Crippen LogP contribution in [-0.2, 0) is 4.79 Å². The van der Waals surface area contributed by atoms with E-state index in [1.165, 1.54) is 13.2 Å². The zero-order valence-electron chi connectivity index (χ0n) is 12.5. The van der Waals surface area contributed by atoms with Crippen LogP contribution in [0.15, 0.2) is 18.2 Å². The summed E-state index contributed by atoms with van der Waals surface area (Å²) in [5.41, 5.74) is 11.5. The van der Waals surface area contributed by atoms with Crippen LogP contribution in [0.4, 0.5) is 5.69 Å². The molecule has 0 heterocycles. The van der Waals surface area contributed by atoms with Gasteiger partial charge in [0.15, 0.2) is 0 Å². The molecule has 21 heavy (non-hydrogen) atoms. The monoisotopic (exact) mass is 293 g/mol. The van der Waals surface area contributed by atoms with Crippen LogP contribution in [0.2, 0.25) is 0 Å². The number of hydrogen-bond acceptors (Lipinski definition) is 4. The smallest absolute Gasteiger partial charge is 0.248 e. The zero-order chi connectivity index (χ0) is 15.8. The Morgan fingerprint density at radius 1 is 1.33 bits per heavy atom. The number of carbonyl (C=O) groups excluding carboxylic acids is 2. The van der Waals surface area contributed by atoms with Crippen molar-refractivity contribution in [1.29, 1.82) is 0 Å². The van der Waals surface area contributed by atoms with Gasteiger partial charge in [-0.2, -0.15) is 0 Å². The highest BCUT2D eigenvalue weighted by Crippen LogP contribution is 2.25. The van der Waals surface area contributed by atoms with E-state index >= 15 is 0 Å². The van der Waals surface area contributed by atoms with Crippen molar-refractivity contribution >= 4 is 17.5 Å². The molecule has 0 saturated carbocycles. The minimum atomic E-state index is -0.551. The lowest BCUT2D eigenvalue weighted by molar-refractivity contribution is -0.116. The Bertz CT molecular complexity index is 503. The van der Waals surface area contributed by atoms with Crippen LogP contribution in [0.1, 0.15) is 36.5 Å². The molecule has 0 radical (unpaired) electrons. The first kappa shape index (κ1) is 17.0. The fourth-order valence-electron chi connectivity index (χ4n) is 1.98. The number of carbonyl (C=O) groups is 2. The highest BCUT2D eigenvalue weighted by Gasteiger charge is 2.12. The van der Waals surface area contributed by atoms with Crippen LogP contribution < -0.4 is 21.5 Å². The standard InChI is InChI=1S/C15H23N3O3/c1-10(7-8-16)3-6-14(19)18-12-9-11(15(17)20)4-5-13(12)21-2/h4-5,9-10H,3,6-8,16H2,1-2H3,(H2,17,20)(H,18,19). The summed E-state index contributed by atoms with van der Waals surface area (Å²) >= 11 is 0. The predicted molar refractivity (Wildman–Crippen MR) is 82.2 cm³/mol. The number of benzene rings is 1. The summed E-state index contributed by atoms with van der Waals surface area (Å²) in [7, 11) is 1.50. The van der Waals surface area contributed by atoms with Crippen molar-refractivity contribution in [1.82, 2.24) is 0 Å². The van der Waals surface area contributed by atoms with E-state index in [0.29, 0.717) is 35.9 Å². The van der Waals surface area contributed by atoms with Gasteiger partial charge in [-0.25, -0.2) is 0 Å². The number of nitrogens with one attached hydrogen (secondary N) is 1. The van der Waals surface area contributed by atoms with Gasteiger partial charge < -0.3 is 21.5 Å². The Labute approximate surface area is 124 Å². The maximum Gasteiger partial charge on any atom is 0.248 e. The Morgan fingerprint density at radius 3 is 2.62 bits per heavy atom. The molecule has 1 unspecified atom stereocenters. The third-order valence-corrected chi connectivity index (χ3v) is 3.28. The fraction of sp³-hybridized carbons (Fsp3) is 0.467. The van der Waals surface area contributed by atoms with E-state index in [-0.39, 0.29) is 5.91 Å². The van der Waals surface area contributed by atoms with Crippen LogP contribution in [0, 0.1) is 5.92 Å². The van der Waals surface area contributed by atoms with Gasteiger partial charge in [-0.1, -0.05) is 6.92 Å². The Balaban J connectivity index is 2.70. The van der Waals surface area contributed by atoms with E-state index < -0.39 is 5.91 Å². The molecule has 0 aliphatic heterocycles. The first-order valence-electron chi connectivity index (χ1n) is 6.95. The second-order valence-corrected chi connectivity index (χ2v) is 5.05. The third-order valence-electron chi connectivity index (χ3n) is 3.28. The minimum Gasteiger partial charge on any atom is -0.495 e. The predicted octanol–water partition coefficient (Wildman–Crippen LogP) is 1.50. The molecule has 6 heteroatoms. The van der Waals surface area contributed by atoms with Gasteiger partial charge in [-0.15, -0.1) is 0 Å². The number of nitrogens with two attached hydrogens (primary N) is 2. The van der Waals surface area contributed by atoms with Crippen molar-refractivity contribution in [3.63, 3.8) is 0 Å². The van der Waals surface area contributed by atoms with E-state index in [4.69, 9.17) is 16.2 Å². The molecular weight excluding hydrogens is 270 g/mol. The molecule has 1 rings (SSSR count). The summed E-state index contributed by atoms with van der Waals surface area (Å²) in [6.45, 7) is 2.69. The summed E-state index contributed by atoms with van der Waals surface area (Å²) in [5, 5.41) is 2.75. The molecule has 0 aliphatic carbocycles. The van der Waals surface area contributed by atoms with E-state index in [1.54, 1.807) is 12.1 Å². The summed E-state index contributed by atoms with van der Waals surface area (Å²) in [5.74, 6) is 0.214. The molecule has 0 aliphatic rings. The van der Waals surface area contributed by atoms with Gasteiger partial charge >= 0.3 is 0 Å². The highest BCUT2D eigenvalue weighted by atomic mass is 16.5. The summed E-state index contributed by atoms with van der Waals surface area (Å²) < 4.78 is 5.16. The van der Waals surface area contributed by atoms with Crippen LogP contribution in [0.3, 0.4) is 0 Å². The van der Waals surface area contributed by atoms with Crippen molar-refractivity contribution in [3.8, 4) is 5.75 Å². The van der Waals surface area contributed by atoms with Crippen LogP contribution in [0.5, 0.6) is 5.75 Å². The van der Waals surface area contributed by atoms with Gasteiger partial charge in [0.25, 0.3) is 0 Å². The first-order chi connectivity index (χ1) is 9.97. The Hall–Kier alpha value is -2.08. The van der Waals surface area contributed by atoms with Crippen LogP contribution in [0.25, 0.3) is 0 Å². The molecule has 1 atom stereocenters. The first-order valence-corrected chi connectivity index (χ1v) is 6.95. The van der Waals surface area contributed by atoms with Crippen molar-refractivity contribution in [3.05, 3.63) is 23.8 Å². The normalized spacial score (nSPS) is 11.8. The van der Waals surface area contributed by atoms with Gasteiger partial charge in [-0.05, 0) is 43.5 Å². The topological polar surface area (TPSA) is 107 Å². The van der Waals surface area contributed by atoms with E-state index in [9.17, 15) is 9.59 Å². The maximum absolute atomic E-state index is 12.0. The van der Waals surface area contributed by atoms with Gasteiger partial charge in [0.05, 0.1) is 12.8 Å². The van der Waals surface area contributed by atoms with Crippen LogP contribution in [-0.4, -0.2) is 25.5 Å². The van der Waals surface area contributed by atoms with Gasteiger partial charge in [0.2, 0.25) is 11.8 Å². The van der Waals surface area contributed by atoms with E-state index in [2.05, 4.69) is 12.2 Å². The van der Waals surface area contributed by atoms with Gasteiger partial charge in [0.1, 0.15) is 5.75 Å². The second kappa shape index (κ2) is 8.26. The lowest BCUT2D eigenvalue weighted by atomic mass is 10.0. The fourth-order valence-corrected chi connectivity index (χ4v) is 1.98. The average molecular weight is 293 g/mol. The molecule has 1 aromatic rings. The number of hydrogen-bond donors (Lipinski definition) is 3. The molecule has 0 bridgehead atoms. The molecule has 116 valence electrons. The lowest BCUT2D eigenvalue weighted by Gasteiger charge is -2.13. The molecular formula is C15H23N3O3. The average Bonchev–Trinajstić information content (AvgIpc) is 2.45. The Kier molecular flexibility index (Phi) is 6.68. The van der Waals surface area contributed by atoms with Crippen molar-refractivity contribution < 1.29 is 14.3 Å². The van der Waals surface area contributed by atoms with E-state index in [1.807, 2.05) is 0 Å². The SMILES string of the molecule is COc1ccc(C(N)=O)cc1NC(=O)CCC(C)CCN. The van der Waals surface area contributed by atoms with Crippen molar-refractivity contribution in [2.24, 2.45) is 17.4 Å². The summed E-state index contributed by atoms with van der Waals surface area (Å²) in [6, 6.07) is 4.68. The third kappa shape index (κ3) is 5.43. The number of primary amides is 1. The summed E-state index contributed by atoms with van der Waals surface area (Å²) in [6.07, 6.45) is 2.06. The zero-order valence-corrected chi connectivity index (χ0v) is 12.5. The lowest BCUT2D eigenvalue weighted by Crippen LogP contribution is -2.16. The number of ether oxygens (including phenoxy) is 1. The van der Waals surface area contributed by atoms with Crippen molar-refractivity contribution in [2.45, 2.75) is 26.2 Å². The van der Waals surface area contributed by atoms with Gasteiger partial charge in [-0.3, -0.25) is 9.59 Å². The van der Waals surface area contributed by atoms with Crippen LogP contribution >= 0.6 is 0 Å². The number of methoxy groups -OCH3 is 1. The minimum absolute atomic E-state index is 0.126. The maximum atomic E-state index is 12.0. The summed E-state index contributed by atoms with van der Waals surface area (Å²) in [4.78, 5) is 23.1. The number of rotatable bonds is 8. The van der Waals surface area contributed by atoms with Crippen molar-refractivity contribution in [2.75, 3.05) is 19.0 Å². The molecule has 2 amide bonds. The number of amides is 2. The molecule has 0 spiro atoms. The number of anilines is 1. The van der Waals surface area contributed by atoms with E-state index in [0.717, 1.165) is 12.8 Å². The molecule has 5 N–H and O–H groups in total. The quantitative estimate of drug-likeness (QED) is 0.675. The highest BCUT2D eigenvalue weighted by molar-refractivity contribution is 5.97. The molecule has 1 aromatic carbocycles. The largest absolute Gasteiger partial charge is 0.495 e. The molecule has 6 nitrogen and oxygen atoms in total. The molecule has 0 aromatic heterocycles. The second-order valence-electron chi connectivity index (χ2n) is 5.05. The molecule has 0 saturated heterocycles. The molecule has 0 fully saturated rings. The Morgan fingerprint density at radius 2 is 2.05 bits per heavy atom. The van der Waals surface area contributed by atoms with Gasteiger partial charge in [0, 0.05) is 12.0 Å².